The van der Waals surface area contributed by atoms with Crippen molar-refractivity contribution >= 4 is 45.6 Å². The predicted octanol–water partition coefficient (Wildman–Crippen LogP) is 5.68. The number of fused-ring (bicyclic) bond motifs is 1. The number of furan rings is 1. The van der Waals surface area contributed by atoms with Gasteiger partial charge < -0.3 is 19.2 Å². The molecule has 160 valence electrons. The molecule has 1 aliphatic heterocycles. The summed E-state index contributed by atoms with van der Waals surface area (Å²) in [6.45, 7) is 0. The van der Waals surface area contributed by atoms with E-state index in [1.807, 2.05) is 17.5 Å². The van der Waals surface area contributed by atoms with Gasteiger partial charge in [0.2, 0.25) is 5.78 Å². The van der Waals surface area contributed by atoms with Gasteiger partial charge in [-0.3, -0.25) is 9.59 Å². The molecule has 1 fully saturated rings. The summed E-state index contributed by atoms with van der Waals surface area (Å²) in [5, 5.41) is 13.8. The van der Waals surface area contributed by atoms with Gasteiger partial charge in [-0.05, 0) is 36.4 Å². The molecular formula is C23H20ClNO5S. The van der Waals surface area contributed by atoms with Crippen LogP contribution in [-0.4, -0.2) is 34.8 Å². The number of nitrogens with zero attached hydrogens (tertiary/aromatic N) is 1. The van der Waals surface area contributed by atoms with Crippen LogP contribution in [0.5, 0.6) is 5.75 Å². The minimum Gasteiger partial charge on any atom is -0.503 e. The van der Waals surface area contributed by atoms with Crippen LogP contribution in [0.15, 0.2) is 51.5 Å². The Hall–Kier alpha value is -2.77. The number of ether oxygens (including phenoxy) is 1. The first-order valence-corrected chi connectivity index (χ1v) is 11.4. The fourth-order valence-corrected chi connectivity index (χ4v) is 5.67. The number of ketones is 1. The van der Waals surface area contributed by atoms with Gasteiger partial charge in [0.15, 0.2) is 22.9 Å². The number of carbonyl (C=O) groups is 2. The Morgan fingerprint density at radius 3 is 2.74 bits per heavy atom. The van der Waals surface area contributed by atoms with Crippen LogP contribution in [0.2, 0.25) is 5.02 Å². The lowest BCUT2D eigenvalue weighted by Gasteiger charge is -2.31. The van der Waals surface area contributed by atoms with E-state index in [1.54, 1.807) is 23.1 Å². The second-order valence-electron chi connectivity index (χ2n) is 7.80. The van der Waals surface area contributed by atoms with Crippen molar-refractivity contribution in [3.05, 3.63) is 62.7 Å². The number of thiophene rings is 1. The second kappa shape index (κ2) is 7.73. The van der Waals surface area contributed by atoms with Crippen LogP contribution in [-0.2, 0) is 4.79 Å². The molecule has 1 atom stereocenters. The van der Waals surface area contributed by atoms with E-state index in [2.05, 4.69) is 0 Å². The van der Waals surface area contributed by atoms with Crippen molar-refractivity contribution in [1.29, 1.82) is 0 Å². The van der Waals surface area contributed by atoms with Crippen LogP contribution in [0.25, 0.3) is 11.0 Å². The van der Waals surface area contributed by atoms with E-state index in [1.165, 1.54) is 18.4 Å². The summed E-state index contributed by atoms with van der Waals surface area (Å²) >= 11 is 7.59. The number of hydrogen-bond acceptors (Lipinski definition) is 6. The molecule has 3 aromatic rings. The van der Waals surface area contributed by atoms with Crippen molar-refractivity contribution in [1.82, 2.24) is 4.90 Å². The zero-order chi connectivity index (χ0) is 21.7. The Morgan fingerprint density at radius 2 is 2.06 bits per heavy atom. The van der Waals surface area contributed by atoms with Gasteiger partial charge in [-0.25, -0.2) is 0 Å². The standard InChI is InChI=1S/C23H20ClNO5S/c1-29-16-11-13(24)9-12-10-15(30-22(12)16)20(26)18-19(17-7-4-8-31-17)25(23(28)21(18)27)14-5-2-3-6-14/h4,7-11,14,19,27H,2-3,5-6H2,1H3. The van der Waals surface area contributed by atoms with Crippen molar-refractivity contribution in [2.45, 2.75) is 37.8 Å². The smallest absolute Gasteiger partial charge is 0.290 e. The lowest BCUT2D eigenvalue weighted by Crippen LogP contribution is -2.38. The molecule has 1 unspecified atom stereocenters. The highest BCUT2D eigenvalue weighted by Gasteiger charge is 2.48. The highest BCUT2D eigenvalue weighted by atomic mass is 35.5. The molecule has 0 spiro atoms. The topological polar surface area (TPSA) is 80.0 Å². The van der Waals surface area contributed by atoms with E-state index in [0.29, 0.717) is 21.7 Å². The Bertz CT molecular complexity index is 1210. The number of methoxy groups -OCH3 is 1. The average molecular weight is 458 g/mol. The summed E-state index contributed by atoms with van der Waals surface area (Å²) in [6.07, 6.45) is 3.78. The normalized spacial score (nSPS) is 19.7. The molecule has 0 bridgehead atoms. The predicted molar refractivity (Wildman–Crippen MR) is 118 cm³/mol. The summed E-state index contributed by atoms with van der Waals surface area (Å²) < 4.78 is 11.1. The number of aliphatic hydroxyl groups excluding tert-OH is 1. The maximum absolute atomic E-state index is 13.6. The zero-order valence-corrected chi connectivity index (χ0v) is 18.3. The summed E-state index contributed by atoms with van der Waals surface area (Å²) in [7, 11) is 1.49. The SMILES string of the molecule is COc1cc(Cl)cc2cc(C(=O)C3=C(O)C(=O)N(C4CCCC4)C3c3cccs3)oc12. The molecule has 1 saturated carbocycles. The number of halogens is 1. The quantitative estimate of drug-likeness (QED) is 0.499. The minimum absolute atomic E-state index is 0.00150. The van der Waals surface area contributed by atoms with Gasteiger partial charge in [0, 0.05) is 27.4 Å². The summed E-state index contributed by atoms with van der Waals surface area (Å²) in [6, 6.07) is 7.99. The van der Waals surface area contributed by atoms with Gasteiger partial charge in [-0.2, -0.15) is 0 Å². The minimum atomic E-state index is -0.623. The lowest BCUT2D eigenvalue weighted by atomic mass is 9.99. The summed E-state index contributed by atoms with van der Waals surface area (Å²) in [4.78, 5) is 29.1. The first kappa shape index (κ1) is 20.2. The number of aliphatic hydroxyl groups is 1. The fourth-order valence-electron chi connectivity index (χ4n) is 4.62. The largest absolute Gasteiger partial charge is 0.503 e. The van der Waals surface area contributed by atoms with Gasteiger partial charge in [0.1, 0.15) is 6.04 Å². The molecule has 5 rings (SSSR count). The zero-order valence-electron chi connectivity index (χ0n) is 16.8. The lowest BCUT2D eigenvalue weighted by molar-refractivity contribution is -0.131. The van der Waals surface area contributed by atoms with E-state index in [-0.39, 0.29) is 17.4 Å². The third kappa shape index (κ3) is 3.23. The van der Waals surface area contributed by atoms with Crippen LogP contribution < -0.4 is 4.74 Å². The van der Waals surface area contributed by atoms with Crippen molar-refractivity contribution in [2.24, 2.45) is 0 Å². The molecule has 1 amide bonds. The number of hydrogen-bond donors (Lipinski definition) is 1. The maximum atomic E-state index is 13.6. The van der Waals surface area contributed by atoms with Crippen LogP contribution >= 0.6 is 22.9 Å². The molecule has 8 heteroatoms. The molecule has 3 heterocycles. The van der Waals surface area contributed by atoms with Crippen LogP contribution in [0.1, 0.15) is 47.2 Å². The first-order valence-electron chi connectivity index (χ1n) is 10.1. The molecular weight excluding hydrogens is 438 g/mol. The molecule has 1 aliphatic carbocycles. The number of rotatable bonds is 5. The third-order valence-electron chi connectivity index (χ3n) is 6.01. The molecule has 1 N–H and O–H groups in total. The third-order valence-corrected chi connectivity index (χ3v) is 7.15. The van der Waals surface area contributed by atoms with Gasteiger partial charge in [-0.1, -0.05) is 30.5 Å². The highest BCUT2D eigenvalue weighted by Crippen LogP contribution is 2.45. The van der Waals surface area contributed by atoms with Gasteiger partial charge in [-0.15, -0.1) is 11.3 Å². The average Bonchev–Trinajstić information content (AvgIpc) is 3.54. The molecule has 2 aliphatic rings. The number of benzene rings is 1. The summed E-state index contributed by atoms with van der Waals surface area (Å²) in [5.41, 5.74) is 0.448. The Morgan fingerprint density at radius 1 is 1.29 bits per heavy atom. The van der Waals surface area contributed by atoms with Gasteiger partial charge in [0.05, 0.1) is 12.7 Å². The van der Waals surface area contributed by atoms with Gasteiger partial charge >= 0.3 is 0 Å². The Labute approximate surface area is 187 Å². The van der Waals surface area contributed by atoms with Crippen molar-refractivity contribution in [3.63, 3.8) is 0 Å². The molecule has 0 saturated heterocycles. The van der Waals surface area contributed by atoms with Gasteiger partial charge in [0.25, 0.3) is 5.91 Å². The summed E-state index contributed by atoms with van der Waals surface area (Å²) in [5.74, 6) is -1.07. The van der Waals surface area contributed by atoms with E-state index in [0.717, 1.165) is 30.6 Å². The van der Waals surface area contributed by atoms with Crippen LogP contribution in [0.4, 0.5) is 0 Å². The van der Waals surface area contributed by atoms with Crippen molar-refractivity contribution in [2.75, 3.05) is 7.11 Å². The molecule has 31 heavy (non-hydrogen) atoms. The van der Waals surface area contributed by atoms with Crippen LogP contribution in [0.3, 0.4) is 0 Å². The maximum Gasteiger partial charge on any atom is 0.290 e. The van der Waals surface area contributed by atoms with Crippen molar-refractivity contribution in [3.8, 4) is 5.75 Å². The van der Waals surface area contributed by atoms with Crippen LogP contribution in [0, 0.1) is 0 Å². The van der Waals surface area contributed by atoms with E-state index >= 15 is 0 Å². The Kier molecular flexibility index (Phi) is 5.02. The fraction of sp³-hybridized carbons (Fsp3) is 0.304. The van der Waals surface area contributed by atoms with Crippen molar-refractivity contribution < 1.29 is 23.8 Å². The van der Waals surface area contributed by atoms with E-state index in [9.17, 15) is 14.7 Å². The highest BCUT2D eigenvalue weighted by molar-refractivity contribution is 7.10. The molecule has 6 nitrogen and oxygen atoms in total. The first-order chi connectivity index (χ1) is 15.0. The number of amides is 1. The second-order valence-corrected chi connectivity index (χ2v) is 9.21. The number of carbonyl (C=O) groups excluding carboxylic acids is 2. The molecule has 0 radical (unpaired) electrons. The van der Waals surface area contributed by atoms with E-state index < -0.39 is 23.5 Å². The Balaban J connectivity index is 1.61. The monoisotopic (exact) mass is 457 g/mol. The number of Topliss-reactive ketones (excluding diaryl/α,β-unsaturated/α-hetero) is 1. The molecule has 2 aromatic heterocycles. The van der Waals surface area contributed by atoms with E-state index in [4.69, 9.17) is 20.8 Å². The molecule has 1 aromatic carbocycles.